The second kappa shape index (κ2) is 4.64. The van der Waals surface area contributed by atoms with Gasteiger partial charge in [0, 0.05) is 19.5 Å². The van der Waals surface area contributed by atoms with Crippen LogP contribution in [0.3, 0.4) is 0 Å². The minimum atomic E-state index is 0.964. The molecule has 0 aromatic carbocycles. The van der Waals surface area contributed by atoms with Crippen LogP contribution in [0.15, 0.2) is 41.8 Å². The molecule has 0 saturated heterocycles. The lowest BCUT2D eigenvalue weighted by molar-refractivity contribution is 0.427. The number of ether oxygens (including phenoxy) is 1. The first kappa shape index (κ1) is 11.0. The van der Waals surface area contributed by atoms with Crippen LogP contribution in [0.25, 0.3) is 19.5 Å². The quantitative estimate of drug-likeness (QED) is 0.638. The van der Waals surface area contributed by atoms with Crippen LogP contribution in [-0.2, 0) is 0 Å². The number of hydrogen-bond acceptors (Lipinski definition) is 4. The molecule has 3 heterocycles. The Morgan fingerprint density at radius 3 is 2.18 bits per heavy atom. The maximum absolute atomic E-state index is 5.22. The molecule has 0 spiro atoms. The molecule has 0 bridgehead atoms. The first-order valence-electron chi connectivity index (χ1n) is 5.15. The Bertz CT molecular complexity index is 604. The highest BCUT2D eigenvalue weighted by Crippen LogP contribution is 2.40. The molecule has 4 heteroatoms. The fraction of sp³-hybridized carbons (Fsp3) is 0.0769. The average molecular weight is 278 g/mol. The molecule has 0 fully saturated rings. The highest BCUT2D eigenvalue weighted by atomic mass is 32.1. The van der Waals surface area contributed by atoms with Crippen LogP contribution in [0.4, 0.5) is 0 Å². The Balaban J connectivity index is 1.94. The fourth-order valence-electron chi connectivity index (χ4n) is 1.58. The van der Waals surface area contributed by atoms with E-state index in [4.69, 9.17) is 4.74 Å². The van der Waals surface area contributed by atoms with E-state index in [1.807, 2.05) is 17.4 Å². The minimum absolute atomic E-state index is 0.964. The van der Waals surface area contributed by atoms with Gasteiger partial charge in [-0.25, -0.2) is 0 Å². The summed E-state index contributed by atoms with van der Waals surface area (Å²) in [6, 6.07) is 12.8. The van der Waals surface area contributed by atoms with E-state index in [1.54, 1.807) is 29.8 Å². The van der Waals surface area contributed by atoms with E-state index < -0.39 is 0 Å². The molecule has 0 aliphatic carbocycles. The molecule has 3 aromatic rings. The van der Waals surface area contributed by atoms with Gasteiger partial charge in [-0.15, -0.1) is 22.7 Å². The van der Waals surface area contributed by atoms with Crippen LogP contribution in [0.2, 0.25) is 0 Å². The van der Waals surface area contributed by atoms with Crippen molar-refractivity contribution in [1.29, 1.82) is 0 Å². The Labute approximate surface area is 112 Å². The fourth-order valence-corrected chi connectivity index (χ4v) is 4.34. The lowest BCUT2D eigenvalue weighted by Gasteiger charge is -1.91. The van der Waals surface area contributed by atoms with Gasteiger partial charge in [0.15, 0.2) is 5.06 Å². The summed E-state index contributed by atoms with van der Waals surface area (Å²) in [7, 11) is 1.71. The largest absolute Gasteiger partial charge is 0.487 e. The standard InChI is InChI=1S/C13H10OS3/c1-14-13-7-6-12(17-13)11-5-4-10(16-11)9-3-2-8-15-9/h2-8H,1H3. The van der Waals surface area contributed by atoms with E-state index >= 15 is 0 Å². The zero-order chi connectivity index (χ0) is 11.7. The van der Waals surface area contributed by atoms with E-state index in [0.717, 1.165) is 5.06 Å². The summed E-state index contributed by atoms with van der Waals surface area (Å²) in [6.45, 7) is 0. The number of rotatable bonds is 3. The number of thiophene rings is 3. The molecule has 3 aromatic heterocycles. The molecule has 0 N–H and O–H groups in total. The summed E-state index contributed by atoms with van der Waals surface area (Å²) in [5.41, 5.74) is 0. The van der Waals surface area contributed by atoms with E-state index in [-0.39, 0.29) is 0 Å². The Kier molecular flexibility index (Phi) is 3.01. The molecule has 0 unspecified atom stereocenters. The summed E-state index contributed by atoms with van der Waals surface area (Å²) >= 11 is 5.30. The van der Waals surface area contributed by atoms with Crippen molar-refractivity contribution in [3.63, 3.8) is 0 Å². The van der Waals surface area contributed by atoms with Crippen molar-refractivity contribution in [3.05, 3.63) is 41.8 Å². The van der Waals surface area contributed by atoms with Crippen LogP contribution in [0, 0.1) is 0 Å². The highest BCUT2D eigenvalue weighted by molar-refractivity contribution is 7.26. The second-order valence-corrected chi connectivity index (χ2v) is 6.54. The zero-order valence-electron chi connectivity index (χ0n) is 9.17. The first-order chi connectivity index (χ1) is 8.36. The zero-order valence-corrected chi connectivity index (χ0v) is 11.6. The maximum Gasteiger partial charge on any atom is 0.173 e. The molecule has 17 heavy (non-hydrogen) atoms. The van der Waals surface area contributed by atoms with Crippen molar-refractivity contribution in [2.24, 2.45) is 0 Å². The van der Waals surface area contributed by atoms with Gasteiger partial charge in [-0.05, 0) is 35.7 Å². The van der Waals surface area contributed by atoms with Crippen molar-refractivity contribution < 1.29 is 4.74 Å². The minimum Gasteiger partial charge on any atom is -0.487 e. The predicted octanol–water partition coefficient (Wildman–Crippen LogP) is 5.21. The predicted molar refractivity (Wildman–Crippen MR) is 77.5 cm³/mol. The van der Waals surface area contributed by atoms with Crippen molar-refractivity contribution in [2.45, 2.75) is 0 Å². The topological polar surface area (TPSA) is 9.23 Å². The summed E-state index contributed by atoms with van der Waals surface area (Å²) < 4.78 is 5.22. The van der Waals surface area contributed by atoms with E-state index in [2.05, 4.69) is 35.7 Å². The summed E-state index contributed by atoms with van der Waals surface area (Å²) in [6.07, 6.45) is 0. The van der Waals surface area contributed by atoms with Crippen molar-refractivity contribution in [3.8, 4) is 24.6 Å². The Morgan fingerprint density at radius 2 is 1.53 bits per heavy atom. The number of hydrogen-bond donors (Lipinski definition) is 0. The molecule has 0 radical (unpaired) electrons. The molecule has 3 rings (SSSR count). The van der Waals surface area contributed by atoms with Gasteiger partial charge >= 0.3 is 0 Å². The molecular weight excluding hydrogens is 268 g/mol. The monoisotopic (exact) mass is 278 g/mol. The van der Waals surface area contributed by atoms with Gasteiger partial charge in [-0.3, -0.25) is 0 Å². The normalized spacial score (nSPS) is 10.6. The van der Waals surface area contributed by atoms with Gasteiger partial charge in [-0.2, -0.15) is 0 Å². The SMILES string of the molecule is COc1ccc(-c2ccc(-c3cccs3)s2)s1. The van der Waals surface area contributed by atoms with Crippen molar-refractivity contribution >= 4 is 34.0 Å². The lowest BCUT2D eigenvalue weighted by atomic mass is 10.3. The van der Waals surface area contributed by atoms with Gasteiger partial charge < -0.3 is 4.74 Å². The van der Waals surface area contributed by atoms with E-state index in [9.17, 15) is 0 Å². The average Bonchev–Trinajstić information content (AvgIpc) is 3.09. The highest BCUT2D eigenvalue weighted by Gasteiger charge is 2.08. The van der Waals surface area contributed by atoms with E-state index in [1.165, 1.54) is 19.5 Å². The van der Waals surface area contributed by atoms with Crippen LogP contribution < -0.4 is 4.74 Å². The van der Waals surface area contributed by atoms with Gasteiger partial charge in [0.1, 0.15) is 0 Å². The van der Waals surface area contributed by atoms with Crippen LogP contribution in [0.1, 0.15) is 0 Å². The molecule has 0 saturated carbocycles. The smallest absolute Gasteiger partial charge is 0.173 e. The van der Waals surface area contributed by atoms with Gasteiger partial charge in [0.25, 0.3) is 0 Å². The summed E-state index contributed by atoms with van der Waals surface area (Å²) in [5, 5.41) is 3.08. The van der Waals surface area contributed by atoms with Gasteiger partial charge in [-0.1, -0.05) is 17.4 Å². The van der Waals surface area contributed by atoms with Gasteiger partial charge in [0.05, 0.1) is 7.11 Å². The van der Waals surface area contributed by atoms with Crippen molar-refractivity contribution in [2.75, 3.05) is 7.11 Å². The Morgan fingerprint density at radius 1 is 0.824 bits per heavy atom. The molecular formula is C13H10OS3. The third-order valence-electron chi connectivity index (χ3n) is 2.40. The lowest BCUT2D eigenvalue weighted by Crippen LogP contribution is -1.73. The Hall–Kier alpha value is -1.10. The van der Waals surface area contributed by atoms with Crippen LogP contribution in [0.5, 0.6) is 5.06 Å². The summed E-state index contributed by atoms with van der Waals surface area (Å²) in [5.74, 6) is 0. The maximum atomic E-state index is 5.22. The van der Waals surface area contributed by atoms with Crippen LogP contribution in [-0.4, -0.2) is 7.11 Å². The first-order valence-corrected chi connectivity index (χ1v) is 7.66. The molecule has 0 atom stereocenters. The van der Waals surface area contributed by atoms with Gasteiger partial charge in [0.2, 0.25) is 0 Å². The third-order valence-corrected chi connectivity index (χ3v) is 5.79. The molecule has 0 aliphatic heterocycles. The second-order valence-electron chi connectivity index (χ2n) is 3.46. The van der Waals surface area contributed by atoms with Crippen LogP contribution >= 0.6 is 34.0 Å². The molecule has 0 amide bonds. The molecule has 0 aliphatic rings. The van der Waals surface area contributed by atoms with Crippen molar-refractivity contribution in [1.82, 2.24) is 0 Å². The van der Waals surface area contributed by atoms with E-state index in [0.29, 0.717) is 0 Å². The number of methoxy groups -OCH3 is 1. The molecule has 1 nitrogen and oxygen atoms in total. The third kappa shape index (κ3) is 2.16. The summed E-state index contributed by atoms with van der Waals surface area (Å²) in [4.78, 5) is 5.25. The molecule has 86 valence electrons.